The predicted molar refractivity (Wildman–Crippen MR) is 108 cm³/mol. The van der Waals surface area contributed by atoms with Gasteiger partial charge in [0, 0.05) is 6.04 Å². The van der Waals surface area contributed by atoms with Gasteiger partial charge in [0.1, 0.15) is 12.1 Å². The maximum atomic E-state index is 12.8. The van der Waals surface area contributed by atoms with Crippen molar-refractivity contribution in [2.75, 3.05) is 6.54 Å². The number of nitrogens with one attached hydrogen (secondary N) is 2. The molecule has 0 aromatic rings. The molecule has 1 saturated heterocycles. The van der Waals surface area contributed by atoms with Crippen molar-refractivity contribution in [3.8, 4) is 0 Å². The minimum atomic E-state index is -0.970. The lowest BCUT2D eigenvalue weighted by atomic mass is 9.88. The average molecular weight is 410 g/mol. The predicted octanol–water partition coefficient (Wildman–Crippen LogP) is 2.65. The Morgan fingerprint density at radius 3 is 2.28 bits per heavy atom. The molecule has 4 amide bonds. The Morgan fingerprint density at radius 1 is 1.14 bits per heavy atom. The van der Waals surface area contributed by atoms with Gasteiger partial charge in [-0.2, -0.15) is 0 Å². The van der Waals surface area contributed by atoms with E-state index < -0.39 is 36.1 Å². The number of imide groups is 1. The zero-order chi connectivity index (χ0) is 21.4. The van der Waals surface area contributed by atoms with E-state index in [2.05, 4.69) is 10.6 Å². The summed E-state index contributed by atoms with van der Waals surface area (Å²) in [6.07, 6.45) is 7.96. The first-order chi connectivity index (χ1) is 13.8. The molecule has 2 aliphatic rings. The van der Waals surface area contributed by atoms with Gasteiger partial charge in [-0.05, 0) is 32.6 Å². The van der Waals surface area contributed by atoms with Crippen LogP contribution in [0.1, 0.15) is 85.0 Å². The maximum Gasteiger partial charge on any atom is 0.327 e. The normalized spacial score (nSPS) is 20.7. The van der Waals surface area contributed by atoms with Crippen LogP contribution >= 0.6 is 0 Å². The molecule has 1 aliphatic heterocycles. The van der Waals surface area contributed by atoms with Crippen molar-refractivity contribution >= 4 is 23.8 Å². The van der Waals surface area contributed by atoms with E-state index in [4.69, 9.17) is 4.74 Å². The van der Waals surface area contributed by atoms with Gasteiger partial charge in [0.15, 0.2) is 6.10 Å². The lowest BCUT2D eigenvalue weighted by molar-refractivity contribution is -0.157. The van der Waals surface area contributed by atoms with E-state index in [0.29, 0.717) is 12.8 Å². The Morgan fingerprint density at radius 2 is 1.72 bits per heavy atom. The van der Waals surface area contributed by atoms with E-state index in [1.807, 2.05) is 13.8 Å². The van der Waals surface area contributed by atoms with Crippen molar-refractivity contribution in [2.45, 2.75) is 103 Å². The van der Waals surface area contributed by atoms with Crippen molar-refractivity contribution in [1.29, 1.82) is 0 Å². The topological polar surface area (TPSA) is 105 Å². The first-order valence-corrected chi connectivity index (χ1v) is 11.0. The van der Waals surface area contributed by atoms with Gasteiger partial charge in [-0.15, -0.1) is 0 Å². The molecule has 8 nitrogen and oxygen atoms in total. The molecule has 0 unspecified atom stereocenters. The molecule has 0 bridgehead atoms. The third kappa shape index (κ3) is 5.93. The highest BCUT2D eigenvalue weighted by atomic mass is 16.5. The van der Waals surface area contributed by atoms with Crippen molar-refractivity contribution in [2.24, 2.45) is 0 Å². The third-order valence-electron chi connectivity index (χ3n) is 5.77. The molecule has 164 valence electrons. The minimum Gasteiger partial charge on any atom is -0.451 e. The van der Waals surface area contributed by atoms with Gasteiger partial charge < -0.3 is 15.4 Å². The van der Waals surface area contributed by atoms with Crippen LogP contribution in [-0.2, 0) is 19.1 Å². The summed E-state index contributed by atoms with van der Waals surface area (Å²) in [4.78, 5) is 50.7. The van der Waals surface area contributed by atoms with Crippen LogP contribution in [0.4, 0.5) is 4.79 Å². The van der Waals surface area contributed by atoms with Gasteiger partial charge in [-0.25, -0.2) is 4.79 Å². The highest BCUT2D eigenvalue weighted by Crippen LogP contribution is 2.28. The molecule has 0 spiro atoms. The molecule has 0 aromatic heterocycles. The number of amides is 4. The van der Waals surface area contributed by atoms with Crippen molar-refractivity contribution in [1.82, 2.24) is 15.5 Å². The standard InChI is InChI=1S/C21H35N3O5/c1-4-12-21(13-5-2)19(27)24(20(28)23-21)14-17(25)29-15(3)18(26)22-16-10-8-6-7-9-11-16/h15-16H,4-14H2,1-3H3,(H,22,26)(H,23,28)/t15-/m1/s1. The largest absolute Gasteiger partial charge is 0.451 e. The Kier molecular flexibility index (Phi) is 8.46. The molecule has 0 aromatic carbocycles. The van der Waals surface area contributed by atoms with Gasteiger partial charge in [0.05, 0.1) is 0 Å². The molecule has 0 radical (unpaired) electrons. The smallest absolute Gasteiger partial charge is 0.327 e. The second kappa shape index (κ2) is 10.6. The van der Waals surface area contributed by atoms with Crippen molar-refractivity contribution in [3.05, 3.63) is 0 Å². The Labute approximate surface area is 173 Å². The van der Waals surface area contributed by atoms with Crippen LogP contribution in [0.25, 0.3) is 0 Å². The van der Waals surface area contributed by atoms with Crippen LogP contribution in [0.5, 0.6) is 0 Å². The number of hydrogen-bond donors (Lipinski definition) is 2. The lowest BCUT2D eigenvalue weighted by Gasteiger charge is -2.25. The van der Waals surface area contributed by atoms with Crippen LogP contribution in [0.2, 0.25) is 0 Å². The van der Waals surface area contributed by atoms with Crippen LogP contribution in [0.15, 0.2) is 0 Å². The Balaban J connectivity index is 1.89. The zero-order valence-corrected chi connectivity index (χ0v) is 17.9. The molecule has 1 heterocycles. The summed E-state index contributed by atoms with van der Waals surface area (Å²) in [6.45, 7) is 4.92. The number of esters is 1. The fraction of sp³-hybridized carbons (Fsp3) is 0.810. The van der Waals surface area contributed by atoms with E-state index in [9.17, 15) is 19.2 Å². The van der Waals surface area contributed by atoms with Crippen LogP contribution in [-0.4, -0.2) is 52.9 Å². The van der Waals surface area contributed by atoms with Gasteiger partial charge >= 0.3 is 12.0 Å². The average Bonchev–Trinajstić information content (AvgIpc) is 2.85. The zero-order valence-electron chi connectivity index (χ0n) is 17.9. The Bertz CT molecular complexity index is 607. The van der Waals surface area contributed by atoms with Gasteiger partial charge in [0.2, 0.25) is 0 Å². The summed E-state index contributed by atoms with van der Waals surface area (Å²) < 4.78 is 5.21. The number of rotatable bonds is 9. The molecule has 1 atom stereocenters. The summed E-state index contributed by atoms with van der Waals surface area (Å²) in [7, 11) is 0. The van der Waals surface area contributed by atoms with E-state index >= 15 is 0 Å². The van der Waals surface area contributed by atoms with Gasteiger partial charge in [0.25, 0.3) is 11.8 Å². The molecular formula is C21H35N3O5. The summed E-state index contributed by atoms with van der Waals surface area (Å²) in [5.74, 6) is -1.49. The molecular weight excluding hydrogens is 374 g/mol. The molecule has 2 N–H and O–H groups in total. The fourth-order valence-corrected chi connectivity index (χ4v) is 4.30. The number of urea groups is 1. The number of nitrogens with zero attached hydrogens (tertiary/aromatic N) is 1. The highest BCUT2D eigenvalue weighted by Gasteiger charge is 2.50. The van der Waals surface area contributed by atoms with Crippen LogP contribution in [0.3, 0.4) is 0 Å². The molecule has 8 heteroatoms. The first-order valence-electron chi connectivity index (χ1n) is 11.0. The summed E-state index contributed by atoms with van der Waals surface area (Å²) in [6, 6.07) is -0.467. The number of carbonyl (C=O) groups excluding carboxylic acids is 4. The molecule has 1 aliphatic carbocycles. The quantitative estimate of drug-likeness (QED) is 0.346. The molecule has 29 heavy (non-hydrogen) atoms. The molecule has 1 saturated carbocycles. The number of ether oxygens (including phenoxy) is 1. The summed E-state index contributed by atoms with van der Waals surface area (Å²) in [5.41, 5.74) is -0.941. The number of hydrogen-bond acceptors (Lipinski definition) is 5. The molecule has 2 rings (SSSR count). The van der Waals surface area contributed by atoms with Gasteiger partial charge in [-0.3, -0.25) is 19.3 Å². The lowest BCUT2D eigenvalue weighted by Crippen LogP contribution is -2.47. The number of carbonyl (C=O) groups is 4. The summed E-state index contributed by atoms with van der Waals surface area (Å²) >= 11 is 0. The second-order valence-electron chi connectivity index (χ2n) is 8.23. The minimum absolute atomic E-state index is 0.112. The van der Waals surface area contributed by atoms with E-state index in [1.54, 1.807) is 0 Å². The van der Waals surface area contributed by atoms with Crippen molar-refractivity contribution in [3.63, 3.8) is 0 Å². The molecule has 2 fully saturated rings. The second-order valence-corrected chi connectivity index (χ2v) is 8.23. The highest BCUT2D eigenvalue weighted by molar-refractivity contribution is 6.08. The van der Waals surface area contributed by atoms with E-state index in [0.717, 1.165) is 43.4 Å². The fourth-order valence-electron chi connectivity index (χ4n) is 4.30. The monoisotopic (exact) mass is 409 g/mol. The third-order valence-corrected chi connectivity index (χ3v) is 5.77. The maximum absolute atomic E-state index is 12.8. The SMILES string of the molecule is CCCC1(CCC)NC(=O)N(CC(=O)O[C@H](C)C(=O)NC2CCCCCC2)C1=O. The van der Waals surface area contributed by atoms with Crippen molar-refractivity contribution < 1.29 is 23.9 Å². The van der Waals surface area contributed by atoms with E-state index in [1.165, 1.54) is 19.8 Å². The first kappa shape index (κ1) is 23.2. The summed E-state index contributed by atoms with van der Waals surface area (Å²) in [5, 5.41) is 5.71. The van der Waals surface area contributed by atoms with Crippen LogP contribution in [0, 0.1) is 0 Å². The van der Waals surface area contributed by atoms with Gasteiger partial charge in [-0.1, -0.05) is 52.4 Å². The Hall–Kier alpha value is -2.12. The van der Waals surface area contributed by atoms with E-state index in [-0.39, 0.29) is 11.9 Å². The van der Waals surface area contributed by atoms with Crippen LogP contribution < -0.4 is 10.6 Å².